The summed E-state index contributed by atoms with van der Waals surface area (Å²) in [7, 11) is 0. The predicted octanol–water partition coefficient (Wildman–Crippen LogP) is 2.57. The second kappa shape index (κ2) is 6.89. The summed E-state index contributed by atoms with van der Waals surface area (Å²) in [6, 6.07) is 9.37. The van der Waals surface area contributed by atoms with Gasteiger partial charge in [0.15, 0.2) is 11.5 Å². The molecular weight excluding hydrogens is 242 g/mol. The van der Waals surface area contributed by atoms with Gasteiger partial charge in [-0.15, -0.1) is 0 Å². The molecule has 0 heterocycles. The maximum absolute atomic E-state index is 9.25. The smallest absolute Gasteiger partial charge is 0.175 e. The molecule has 2 rings (SSSR count). The van der Waals surface area contributed by atoms with Crippen molar-refractivity contribution in [1.82, 2.24) is 5.48 Å². The molecule has 19 heavy (non-hydrogen) atoms. The molecule has 1 aliphatic rings. The van der Waals surface area contributed by atoms with E-state index >= 15 is 0 Å². The van der Waals surface area contributed by atoms with E-state index in [1.165, 1.54) is 6.42 Å². The Bertz CT molecular complexity index is 451. The van der Waals surface area contributed by atoms with Crippen LogP contribution in [-0.2, 0) is 0 Å². The number of hydrogen-bond donors (Lipinski definition) is 3. The molecule has 0 bridgehead atoms. The third kappa shape index (κ3) is 3.54. The van der Waals surface area contributed by atoms with Crippen molar-refractivity contribution in [3.63, 3.8) is 0 Å². The van der Waals surface area contributed by atoms with Gasteiger partial charge in [0.05, 0.1) is 6.04 Å². The van der Waals surface area contributed by atoms with E-state index in [0.29, 0.717) is 5.56 Å². The highest BCUT2D eigenvalue weighted by Gasteiger charge is 2.17. The largest absolute Gasteiger partial charge is 0.410 e. The highest BCUT2D eigenvalue weighted by atomic mass is 16.5. The van der Waals surface area contributed by atoms with Gasteiger partial charge in [0.1, 0.15) is 0 Å². The Kier molecular flexibility index (Phi) is 4.92. The first-order chi connectivity index (χ1) is 9.35. The average molecular weight is 261 g/mol. The van der Waals surface area contributed by atoms with Crippen molar-refractivity contribution in [3.8, 4) is 0 Å². The molecule has 102 valence electrons. The van der Waals surface area contributed by atoms with Crippen LogP contribution in [0.3, 0.4) is 0 Å². The third-order valence-corrected chi connectivity index (χ3v) is 3.36. The van der Waals surface area contributed by atoms with E-state index in [-0.39, 0.29) is 17.6 Å². The normalized spacial score (nSPS) is 18.4. The molecular formula is C14H19N3O2. The van der Waals surface area contributed by atoms with Crippen molar-refractivity contribution in [2.75, 3.05) is 0 Å². The van der Waals surface area contributed by atoms with Gasteiger partial charge in [-0.2, -0.15) is 0 Å². The molecule has 0 saturated heterocycles. The molecule has 5 nitrogen and oxygen atoms in total. The highest BCUT2D eigenvalue weighted by molar-refractivity contribution is 6.47. The Balaban J connectivity index is 2.21. The van der Waals surface area contributed by atoms with Crippen LogP contribution in [0.25, 0.3) is 0 Å². The fraction of sp³-hybridized carbons (Fsp3) is 0.429. The van der Waals surface area contributed by atoms with Crippen LogP contribution < -0.4 is 5.48 Å². The molecule has 0 aliphatic heterocycles. The lowest BCUT2D eigenvalue weighted by molar-refractivity contribution is 0.234. The summed E-state index contributed by atoms with van der Waals surface area (Å²) in [5.74, 6) is 0.223. The van der Waals surface area contributed by atoms with E-state index in [1.807, 2.05) is 30.3 Å². The molecule has 1 aromatic rings. The van der Waals surface area contributed by atoms with Crippen molar-refractivity contribution in [2.24, 2.45) is 10.1 Å². The molecule has 0 radical (unpaired) electrons. The predicted molar refractivity (Wildman–Crippen MR) is 74.0 cm³/mol. The first-order valence-electron chi connectivity index (χ1n) is 6.61. The van der Waals surface area contributed by atoms with Crippen molar-refractivity contribution in [1.29, 1.82) is 0 Å². The van der Waals surface area contributed by atoms with Crippen molar-refractivity contribution in [3.05, 3.63) is 35.9 Å². The van der Waals surface area contributed by atoms with Crippen LogP contribution in [0.4, 0.5) is 0 Å². The van der Waals surface area contributed by atoms with Crippen LogP contribution in [0.1, 0.15) is 37.7 Å². The number of oxime groups is 1. The van der Waals surface area contributed by atoms with Crippen LogP contribution in [0.15, 0.2) is 40.5 Å². The van der Waals surface area contributed by atoms with E-state index in [2.05, 4.69) is 15.6 Å². The number of rotatable bonds is 3. The van der Waals surface area contributed by atoms with Crippen LogP contribution in [0.5, 0.6) is 0 Å². The molecule has 3 N–H and O–H groups in total. The Labute approximate surface area is 112 Å². The molecule has 1 aromatic carbocycles. The van der Waals surface area contributed by atoms with Crippen molar-refractivity contribution >= 4 is 11.5 Å². The molecule has 0 atom stereocenters. The average Bonchev–Trinajstić information content (AvgIpc) is 2.49. The molecule has 0 spiro atoms. The minimum absolute atomic E-state index is 0.184. The summed E-state index contributed by atoms with van der Waals surface area (Å²) in [4.78, 5) is 4.47. The summed E-state index contributed by atoms with van der Waals surface area (Å²) >= 11 is 0. The lowest BCUT2D eigenvalue weighted by atomic mass is 9.96. The first-order valence-corrected chi connectivity index (χ1v) is 6.61. The van der Waals surface area contributed by atoms with E-state index < -0.39 is 0 Å². The maximum atomic E-state index is 9.25. The second-order valence-corrected chi connectivity index (χ2v) is 4.70. The molecule has 0 unspecified atom stereocenters. The van der Waals surface area contributed by atoms with Crippen LogP contribution in [-0.4, -0.2) is 28.0 Å². The Morgan fingerprint density at radius 2 is 1.79 bits per heavy atom. The topological polar surface area (TPSA) is 77.2 Å². The number of hydrogen-bond acceptors (Lipinski definition) is 4. The number of aliphatic imine (C=N–C) groups is 1. The standard InChI is InChI=1S/C14H19N3O2/c18-16-13(11-7-3-1-4-8-11)14(17-19)15-12-9-5-2-6-10-12/h1,3-4,7-8,12,18-19H,2,5-6,9-10H2,(H,15,17)/b16-13+. The van der Waals surface area contributed by atoms with E-state index in [4.69, 9.17) is 5.21 Å². The Morgan fingerprint density at radius 1 is 1.11 bits per heavy atom. The van der Waals surface area contributed by atoms with E-state index in [1.54, 1.807) is 0 Å². The van der Waals surface area contributed by atoms with Gasteiger partial charge in [-0.25, -0.2) is 0 Å². The SMILES string of the molecule is O/N=C(/C(=NC1CCCCC1)NO)c1ccccc1. The van der Waals surface area contributed by atoms with E-state index in [9.17, 15) is 5.21 Å². The van der Waals surface area contributed by atoms with Gasteiger partial charge in [-0.1, -0.05) is 54.8 Å². The zero-order valence-electron chi connectivity index (χ0n) is 10.8. The van der Waals surface area contributed by atoms with Gasteiger partial charge < -0.3 is 5.21 Å². The van der Waals surface area contributed by atoms with Crippen LogP contribution in [0.2, 0.25) is 0 Å². The Hall–Kier alpha value is -1.88. The fourth-order valence-electron chi connectivity index (χ4n) is 2.37. The third-order valence-electron chi connectivity index (χ3n) is 3.36. The first kappa shape index (κ1) is 13.5. The lowest BCUT2D eigenvalue weighted by Gasteiger charge is -2.19. The Morgan fingerprint density at radius 3 is 2.37 bits per heavy atom. The minimum atomic E-state index is 0.184. The number of nitrogens with zero attached hydrogens (tertiary/aromatic N) is 2. The minimum Gasteiger partial charge on any atom is -0.410 e. The van der Waals surface area contributed by atoms with Crippen molar-refractivity contribution < 1.29 is 10.4 Å². The van der Waals surface area contributed by atoms with E-state index in [0.717, 1.165) is 25.7 Å². The van der Waals surface area contributed by atoms with Crippen LogP contribution >= 0.6 is 0 Å². The number of nitrogens with one attached hydrogen (secondary N) is 1. The molecule has 5 heteroatoms. The summed E-state index contributed by atoms with van der Waals surface area (Å²) in [6.07, 6.45) is 5.58. The number of amidine groups is 1. The molecule has 1 aliphatic carbocycles. The van der Waals surface area contributed by atoms with Gasteiger partial charge >= 0.3 is 0 Å². The van der Waals surface area contributed by atoms with Gasteiger partial charge in [0.25, 0.3) is 0 Å². The summed E-state index contributed by atoms with van der Waals surface area (Å²) in [6.45, 7) is 0. The maximum Gasteiger partial charge on any atom is 0.175 e. The molecule has 1 fully saturated rings. The zero-order chi connectivity index (χ0) is 13.5. The van der Waals surface area contributed by atoms with Gasteiger partial charge in [-0.05, 0) is 12.8 Å². The number of hydroxylamine groups is 1. The summed E-state index contributed by atoms with van der Waals surface area (Å²) in [5.41, 5.74) is 3.03. The molecule has 1 saturated carbocycles. The second-order valence-electron chi connectivity index (χ2n) is 4.70. The monoisotopic (exact) mass is 261 g/mol. The van der Waals surface area contributed by atoms with Gasteiger partial charge in [0.2, 0.25) is 0 Å². The highest BCUT2D eigenvalue weighted by Crippen LogP contribution is 2.20. The van der Waals surface area contributed by atoms with Gasteiger partial charge in [-0.3, -0.25) is 15.7 Å². The summed E-state index contributed by atoms with van der Waals surface area (Å²) in [5, 5.41) is 21.7. The zero-order valence-corrected chi connectivity index (χ0v) is 10.8. The number of benzene rings is 1. The molecule has 0 aromatic heterocycles. The fourth-order valence-corrected chi connectivity index (χ4v) is 2.37. The molecule has 0 amide bonds. The quantitative estimate of drug-likeness (QED) is 0.339. The van der Waals surface area contributed by atoms with Gasteiger partial charge in [0, 0.05) is 5.56 Å². The summed E-state index contributed by atoms with van der Waals surface area (Å²) < 4.78 is 0. The lowest BCUT2D eigenvalue weighted by Crippen LogP contribution is -2.31. The van der Waals surface area contributed by atoms with Crippen LogP contribution in [0, 0.1) is 0 Å². The van der Waals surface area contributed by atoms with Crippen molar-refractivity contribution in [2.45, 2.75) is 38.1 Å².